The lowest BCUT2D eigenvalue weighted by atomic mass is 10.1. The van der Waals surface area contributed by atoms with Crippen LogP contribution in [-0.4, -0.2) is 15.7 Å². The van der Waals surface area contributed by atoms with Crippen LogP contribution in [0, 0.1) is 0 Å². The molecule has 2 rings (SSSR count). The van der Waals surface area contributed by atoms with Crippen LogP contribution in [-0.2, 0) is 13.6 Å². The fourth-order valence-corrected chi connectivity index (χ4v) is 1.96. The lowest BCUT2D eigenvalue weighted by Gasteiger charge is -2.11. The smallest absolute Gasteiger partial charge is 0.119 e. The highest BCUT2D eigenvalue weighted by Crippen LogP contribution is 2.25. The van der Waals surface area contributed by atoms with E-state index >= 15 is 0 Å². The maximum absolute atomic E-state index is 5.70. The molecule has 0 atom stereocenters. The molecule has 2 N–H and O–H groups in total. The normalized spacial score (nSPS) is 10.9. The van der Waals surface area contributed by atoms with Gasteiger partial charge in [-0.15, -0.1) is 0 Å². The van der Waals surface area contributed by atoms with Crippen LogP contribution in [0.4, 0.5) is 0 Å². The molecule has 4 heteroatoms. The van der Waals surface area contributed by atoms with Gasteiger partial charge in [-0.2, -0.15) is 0 Å². The van der Waals surface area contributed by atoms with E-state index in [-0.39, 0.29) is 6.10 Å². The van der Waals surface area contributed by atoms with Gasteiger partial charge in [0.1, 0.15) is 5.75 Å². The van der Waals surface area contributed by atoms with E-state index in [0.29, 0.717) is 6.54 Å². The van der Waals surface area contributed by atoms with Crippen molar-refractivity contribution in [2.45, 2.75) is 26.5 Å². The van der Waals surface area contributed by atoms with Gasteiger partial charge >= 0.3 is 0 Å². The number of nitrogens with zero attached hydrogens (tertiary/aromatic N) is 2. The second-order valence-electron chi connectivity index (χ2n) is 4.55. The predicted molar refractivity (Wildman–Crippen MR) is 72.3 cm³/mol. The third-order valence-electron chi connectivity index (χ3n) is 2.71. The first-order valence-electron chi connectivity index (χ1n) is 6.09. The van der Waals surface area contributed by atoms with Crippen molar-refractivity contribution < 1.29 is 4.74 Å². The number of aromatic nitrogens is 2. The second-order valence-corrected chi connectivity index (χ2v) is 4.55. The van der Waals surface area contributed by atoms with Crippen LogP contribution >= 0.6 is 0 Å². The SMILES string of the molecule is CC(C)Oc1ccc(-c2c(CN)ncn2C)cc1. The zero-order chi connectivity index (χ0) is 13.1. The molecule has 0 spiro atoms. The van der Waals surface area contributed by atoms with Crippen molar-refractivity contribution >= 4 is 0 Å². The molecule has 0 fully saturated rings. The first-order valence-corrected chi connectivity index (χ1v) is 6.09. The van der Waals surface area contributed by atoms with E-state index in [9.17, 15) is 0 Å². The average molecular weight is 245 g/mol. The van der Waals surface area contributed by atoms with Gasteiger partial charge < -0.3 is 15.0 Å². The molecule has 0 aliphatic rings. The molecule has 0 saturated heterocycles. The van der Waals surface area contributed by atoms with Gasteiger partial charge in [0.2, 0.25) is 0 Å². The molecule has 0 aliphatic heterocycles. The van der Waals surface area contributed by atoms with Crippen molar-refractivity contribution in [3.05, 3.63) is 36.3 Å². The fourth-order valence-electron chi connectivity index (χ4n) is 1.96. The summed E-state index contributed by atoms with van der Waals surface area (Å²) in [6, 6.07) is 8.02. The third-order valence-corrected chi connectivity index (χ3v) is 2.71. The van der Waals surface area contributed by atoms with Gasteiger partial charge in [-0.05, 0) is 38.1 Å². The third kappa shape index (κ3) is 2.54. The minimum atomic E-state index is 0.187. The van der Waals surface area contributed by atoms with Gasteiger partial charge in [0, 0.05) is 19.2 Å². The van der Waals surface area contributed by atoms with Gasteiger partial charge in [-0.25, -0.2) is 4.98 Å². The number of hydrogen-bond acceptors (Lipinski definition) is 3. The van der Waals surface area contributed by atoms with Crippen molar-refractivity contribution in [3.63, 3.8) is 0 Å². The summed E-state index contributed by atoms with van der Waals surface area (Å²) < 4.78 is 7.61. The summed E-state index contributed by atoms with van der Waals surface area (Å²) in [5.41, 5.74) is 8.78. The Morgan fingerprint density at radius 1 is 1.28 bits per heavy atom. The maximum atomic E-state index is 5.70. The summed E-state index contributed by atoms with van der Waals surface area (Å²) >= 11 is 0. The van der Waals surface area contributed by atoms with Gasteiger partial charge in [0.15, 0.2) is 0 Å². The predicted octanol–water partition coefficient (Wildman–Crippen LogP) is 2.33. The Labute approximate surface area is 107 Å². The van der Waals surface area contributed by atoms with Crippen LogP contribution < -0.4 is 10.5 Å². The number of ether oxygens (including phenoxy) is 1. The first-order chi connectivity index (χ1) is 8.61. The number of hydrogen-bond donors (Lipinski definition) is 1. The van der Waals surface area contributed by atoms with Crippen molar-refractivity contribution in [2.75, 3.05) is 0 Å². The average Bonchev–Trinajstić information content (AvgIpc) is 2.71. The lowest BCUT2D eigenvalue weighted by Crippen LogP contribution is -2.05. The molecule has 1 aromatic heterocycles. The Hall–Kier alpha value is -1.81. The van der Waals surface area contributed by atoms with Crippen LogP contribution in [0.5, 0.6) is 5.75 Å². The van der Waals surface area contributed by atoms with Crippen LogP contribution in [0.25, 0.3) is 11.3 Å². The Balaban J connectivity index is 2.31. The molecule has 0 radical (unpaired) electrons. The highest BCUT2D eigenvalue weighted by molar-refractivity contribution is 5.63. The molecule has 0 bridgehead atoms. The summed E-state index contributed by atoms with van der Waals surface area (Å²) in [7, 11) is 1.97. The monoisotopic (exact) mass is 245 g/mol. The van der Waals surface area contributed by atoms with Gasteiger partial charge in [-0.3, -0.25) is 0 Å². The van der Waals surface area contributed by atoms with E-state index in [2.05, 4.69) is 4.98 Å². The Morgan fingerprint density at radius 3 is 2.50 bits per heavy atom. The number of imidazole rings is 1. The number of benzene rings is 1. The molecular formula is C14H19N3O. The van der Waals surface area contributed by atoms with E-state index in [1.807, 2.05) is 49.7 Å². The van der Waals surface area contributed by atoms with Crippen LogP contribution in [0.3, 0.4) is 0 Å². The molecular weight excluding hydrogens is 226 g/mol. The number of nitrogens with two attached hydrogens (primary N) is 1. The van der Waals surface area contributed by atoms with Crippen LogP contribution in [0.1, 0.15) is 19.5 Å². The second kappa shape index (κ2) is 5.23. The zero-order valence-corrected chi connectivity index (χ0v) is 11.1. The van der Waals surface area contributed by atoms with E-state index < -0.39 is 0 Å². The quantitative estimate of drug-likeness (QED) is 0.899. The molecule has 0 amide bonds. The molecule has 1 heterocycles. The van der Waals surface area contributed by atoms with Crippen molar-refractivity contribution in [2.24, 2.45) is 12.8 Å². The molecule has 18 heavy (non-hydrogen) atoms. The largest absolute Gasteiger partial charge is 0.491 e. The first kappa shape index (κ1) is 12.6. The Morgan fingerprint density at radius 2 is 1.94 bits per heavy atom. The van der Waals surface area contributed by atoms with Crippen LogP contribution in [0.15, 0.2) is 30.6 Å². The van der Waals surface area contributed by atoms with Gasteiger partial charge in [0.25, 0.3) is 0 Å². The van der Waals surface area contributed by atoms with Crippen molar-refractivity contribution in [1.29, 1.82) is 0 Å². The Bertz CT molecular complexity index is 514. The molecule has 1 aromatic carbocycles. The van der Waals surface area contributed by atoms with E-state index in [1.54, 1.807) is 6.33 Å². The maximum Gasteiger partial charge on any atom is 0.119 e. The summed E-state index contributed by atoms with van der Waals surface area (Å²) in [5.74, 6) is 0.880. The molecule has 0 aliphatic carbocycles. The topological polar surface area (TPSA) is 53.1 Å². The minimum absolute atomic E-state index is 0.187. The highest BCUT2D eigenvalue weighted by Gasteiger charge is 2.09. The molecule has 0 saturated carbocycles. The number of rotatable bonds is 4. The van der Waals surface area contributed by atoms with Crippen molar-refractivity contribution in [1.82, 2.24) is 9.55 Å². The van der Waals surface area contributed by atoms with E-state index in [0.717, 1.165) is 22.7 Å². The highest BCUT2D eigenvalue weighted by atomic mass is 16.5. The summed E-state index contributed by atoms with van der Waals surface area (Å²) in [4.78, 5) is 4.29. The van der Waals surface area contributed by atoms with E-state index in [4.69, 9.17) is 10.5 Å². The van der Waals surface area contributed by atoms with Crippen LogP contribution in [0.2, 0.25) is 0 Å². The van der Waals surface area contributed by atoms with Gasteiger partial charge in [0.05, 0.1) is 23.8 Å². The molecule has 4 nitrogen and oxygen atoms in total. The zero-order valence-electron chi connectivity index (χ0n) is 11.1. The fraction of sp³-hybridized carbons (Fsp3) is 0.357. The molecule has 2 aromatic rings. The summed E-state index contributed by atoms with van der Waals surface area (Å²) in [6.07, 6.45) is 1.97. The van der Waals surface area contributed by atoms with E-state index in [1.165, 1.54) is 0 Å². The van der Waals surface area contributed by atoms with Crippen molar-refractivity contribution in [3.8, 4) is 17.0 Å². The van der Waals surface area contributed by atoms with Gasteiger partial charge in [-0.1, -0.05) is 0 Å². The standard InChI is InChI=1S/C14H19N3O/c1-10(2)18-12-6-4-11(5-7-12)14-13(8-15)16-9-17(14)3/h4-7,9-10H,8,15H2,1-3H3. The number of aryl methyl sites for hydroxylation is 1. The lowest BCUT2D eigenvalue weighted by molar-refractivity contribution is 0.242. The molecule has 0 unspecified atom stereocenters. The minimum Gasteiger partial charge on any atom is -0.491 e. The summed E-state index contributed by atoms with van der Waals surface area (Å²) in [6.45, 7) is 4.48. The Kier molecular flexibility index (Phi) is 3.67. The molecule has 96 valence electrons. The summed E-state index contributed by atoms with van der Waals surface area (Å²) in [5, 5.41) is 0.